The van der Waals surface area contributed by atoms with Crippen LogP contribution in [0.1, 0.15) is 45.6 Å². The van der Waals surface area contributed by atoms with Gasteiger partial charge in [0.05, 0.1) is 0 Å². The Balaban J connectivity index is 2.15. The van der Waals surface area contributed by atoms with E-state index in [4.69, 9.17) is 5.73 Å². The van der Waals surface area contributed by atoms with E-state index in [2.05, 4.69) is 59.8 Å². The average Bonchev–Trinajstić information content (AvgIpc) is 2.64. The Hall–Kier alpha value is -0.540. The number of anilines is 1. The molecule has 1 aromatic carbocycles. The van der Waals surface area contributed by atoms with Crippen molar-refractivity contribution in [2.75, 3.05) is 24.5 Å². The monoisotopic (exact) mass is 352 g/mol. The predicted octanol–water partition coefficient (Wildman–Crippen LogP) is 4.60. The van der Waals surface area contributed by atoms with E-state index in [1.165, 1.54) is 43.6 Å². The van der Waals surface area contributed by atoms with Crippen molar-refractivity contribution in [2.24, 2.45) is 17.1 Å². The van der Waals surface area contributed by atoms with Gasteiger partial charge in [-0.2, -0.15) is 0 Å². The third-order valence-electron chi connectivity index (χ3n) is 4.75. The summed E-state index contributed by atoms with van der Waals surface area (Å²) in [7, 11) is 0. The zero-order valence-corrected chi connectivity index (χ0v) is 15.2. The summed E-state index contributed by atoms with van der Waals surface area (Å²) >= 11 is 3.58. The Morgan fingerprint density at radius 3 is 2.67 bits per heavy atom. The molecule has 2 rings (SSSR count). The van der Waals surface area contributed by atoms with Gasteiger partial charge >= 0.3 is 0 Å². The smallest absolute Gasteiger partial charge is 0.0400 e. The molecular weight excluding hydrogens is 324 g/mol. The average molecular weight is 353 g/mol. The van der Waals surface area contributed by atoms with Gasteiger partial charge in [-0.15, -0.1) is 0 Å². The van der Waals surface area contributed by atoms with E-state index >= 15 is 0 Å². The fourth-order valence-electron chi connectivity index (χ4n) is 3.42. The first kappa shape index (κ1) is 16.8. The third-order valence-corrected chi connectivity index (χ3v) is 5.24. The summed E-state index contributed by atoms with van der Waals surface area (Å²) in [6.07, 6.45) is 4.89. The standard InChI is InChI=1S/C18H29BrN2/c1-18(2,3)15-5-4-11-21(12-9-15)17-7-6-16(19)13-14(17)8-10-20/h6-7,13,15H,4-5,8-12,20H2,1-3H3. The lowest BCUT2D eigenvalue weighted by Gasteiger charge is -2.30. The molecule has 118 valence electrons. The second-order valence-corrected chi connectivity index (χ2v) is 8.21. The molecule has 3 heteroatoms. The highest BCUT2D eigenvalue weighted by Crippen LogP contribution is 2.36. The number of rotatable bonds is 3. The number of nitrogens with zero attached hydrogens (tertiary/aromatic N) is 1. The van der Waals surface area contributed by atoms with Gasteiger partial charge in [0.15, 0.2) is 0 Å². The highest BCUT2D eigenvalue weighted by Gasteiger charge is 2.27. The molecule has 1 aliphatic heterocycles. The predicted molar refractivity (Wildman–Crippen MR) is 95.9 cm³/mol. The van der Waals surface area contributed by atoms with Crippen LogP contribution in [-0.4, -0.2) is 19.6 Å². The highest BCUT2D eigenvalue weighted by molar-refractivity contribution is 9.10. The number of hydrogen-bond donors (Lipinski definition) is 1. The van der Waals surface area contributed by atoms with Crippen LogP contribution in [0.5, 0.6) is 0 Å². The fourth-order valence-corrected chi connectivity index (χ4v) is 3.83. The molecule has 21 heavy (non-hydrogen) atoms. The van der Waals surface area contributed by atoms with Gasteiger partial charge in [-0.05, 0) is 67.3 Å². The van der Waals surface area contributed by atoms with E-state index in [9.17, 15) is 0 Å². The summed E-state index contributed by atoms with van der Waals surface area (Å²) in [5, 5.41) is 0. The lowest BCUT2D eigenvalue weighted by atomic mass is 9.77. The fraction of sp³-hybridized carbons (Fsp3) is 0.667. The SMILES string of the molecule is CC(C)(C)C1CCCN(c2ccc(Br)cc2CCN)CC1. The van der Waals surface area contributed by atoms with Gasteiger partial charge in [-0.1, -0.05) is 36.7 Å². The lowest BCUT2D eigenvalue weighted by molar-refractivity contribution is 0.220. The Bertz CT molecular complexity index is 465. The highest BCUT2D eigenvalue weighted by atomic mass is 79.9. The van der Waals surface area contributed by atoms with E-state index in [0.717, 1.165) is 16.8 Å². The Labute approximate surface area is 138 Å². The first-order valence-corrected chi connectivity index (χ1v) is 8.94. The van der Waals surface area contributed by atoms with E-state index in [0.29, 0.717) is 12.0 Å². The molecule has 1 saturated heterocycles. The molecular formula is C18H29BrN2. The van der Waals surface area contributed by atoms with Crippen molar-refractivity contribution in [2.45, 2.75) is 46.5 Å². The number of halogens is 1. The Morgan fingerprint density at radius 1 is 1.24 bits per heavy atom. The summed E-state index contributed by atoms with van der Waals surface area (Å²) in [5.41, 5.74) is 8.97. The van der Waals surface area contributed by atoms with Crippen LogP contribution in [0.15, 0.2) is 22.7 Å². The summed E-state index contributed by atoms with van der Waals surface area (Å²) in [6, 6.07) is 6.64. The van der Waals surface area contributed by atoms with Crippen molar-refractivity contribution in [3.63, 3.8) is 0 Å². The van der Waals surface area contributed by atoms with Gasteiger partial charge in [0.25, 0.3) is 0 Å². The molecule has 1 aliphatic rings. The van der Waals surface area contributed by atoms with Crippen molar-refractivity contribution >= 4 is 21.6 Å². The van der Waals surface area contributed by atoms with Crippen LogP contribution in [0.3, 0.4) is 0 Å². The van der Waals surface area contributed by atoms with Gasteiger partial charge < -0.3 is 10.6 Å². The topological polar surface area (TPSA) is 29.3 Å². The molecule has 2 N–H and O–H groups in total. The number of nitrogens with two attached hydrogens (primary N) is 1. The van der Waals surface area contributed by atoms with Crippen molar-refractivity contribution in [1.82, 2.24) is 0 Å². The molecule has 0 aliphatic carbocycles. The van der Waals surface area contributed by atoms with Crippen molar-refractivity contribution in [3.05, 3.63) is 28.2 Å². The zero-order chi connectivity index (χ0) is 15.5. The molecule has 1 fully saturated rings. The van der Waals surface area contributed by atoms with E-state index in [1.54, 1.807) is 0 Å². The molecule has 0 radical (unpaired) electrons. The van der Waals surface area contributed by atoms with Crippen LogP contribution < -0.4 is 10.6 Å². The molecule has 2 nitrogen and oxygen atoms in total. The van der Waals surface area contributed by atoms with E-state index in [1.807, 2.05) is 0 Å². The van der Waals surface area contributed by atoms with Crippen molar-refractivity contribution < 1.29 is 0 Å². The molecule has 0 spiro atoms. The first-order chi connectivity index (χ1) is 9.91. The summed E-state index contributed by atoms with van der Waals surface area (Å²) in [6.45, 7) is 10.2. The third kappa shape index (κ3) is 4.46. The van der Waals surface area contributed by atoms with E-state index < -0.39 is 0 Å². The summed E-state index contributed by atoms with van der Waals surface area (Å²) in [4.78, 5) is 2.57. The van der Waals surface area contributed by atoms with Crippen LogP contribution >= 0.6 is 15.9 Å². The number of hydrogen-bond acceptors (Lipinski definition) is 2. The molecule has 1 unspecified atom stereocenters. The zero-order valence-electron chi connectivity index (χ0n) is 13.7. The van der Waals surface area contributed by atoms with Crippen molar-refractivity contribution in [3.8, 4) is 0 Å². The molecule has 0 saturated carbocycles. The molecule has 1 atom stereocenters. The maximum absolute atomic E-state index is 5.79. The van der Waals surface area contributed by atoms with Crippen molar-refractivity contribution in [1.29, 1.82) is 0 Å². The maximum atomic E-state index is 5.79. The minimum atomic E-state index is 0.426. The van der Waals surface area contributed by atoms with E-state index in [-0.39, 0.29) is 0 Å². The number of benzene rings is 1. The normalized spacial score (nSPS) is 20.4. The summed E-state index contributed by atoms with van der Waals surface area (Å²) < 4.78 is 1.15. The second kappa shape index (κ2) is 7.15. The first-order valence-electron chi connectivity index (χ1n) is 8.15. The van der Waals surface area contributed by atoms with Crippen LogP contribution in [0, 0.1) is 11.3 Å². The lowest BCUT2D eigenvalue weighted by Crippen LogP contribution is -2.27. The maximum Gasteiger partial charge on any atom is 0.0400 e. The minimum absolute atomic E-state index is 0.426. The van der Waals surface area contributed by atoms with Crippen LogP contribution in [-0.2, 0) is 6.42 Å². The Kier molecular flexibility index (Phi) is 5.73. The van der Waals surface area contributed by atoms with Gasteiger partial charge in [0.1, 0.15) is 0 Å². The van der Waals surface area contributed by atoms with Crippen LogP contribution in [0.25, 0.3) is 0 Å². The second-order valence-electron chi connectivity index (χ2n) is 7.29. The van der Waals surface area contributed by atoms with Gasteiger partial charge in [0, 0.05) is 23.2 Å². The van der Waals surface area contributed by atoms with Crippen LogP contribution in [0.4, 0.5) is 5.69 Å². The molecule has 0 amide bonds. The van der Waals surface area contributed by atoms with Crippen LogP contribution in [0.2, 0.25) is 0 Å². The van der Waals surface area contributed by atoms with Gasteiger partial charge in [-0.25, -0.2) is 0 Å². The van der Waals surface area contributed by atoms with Gasteiger partial charge in [-0.3, -0.25) is 0 Å². The molecule has 0 aromatic heterocycles. The summed E-state index contributed by atoms with van der Waals surface area (Å²) in [5.74, 6) is 0.830. The Morgan fingerprint density at radius 2 is 2.00 bits per heavy atom. The molecule has 1 heterocycles. The largest absolute Gasteiger partial charge is 0.371 e. The molecule has 0 bridgehead atoms. The van der Waals surface area contributed by atoms with Gasteiger partial charge in [0.2, 0.25) is 0 Å². The quantitative estimate of drug-likeness (QED) is 0.860. The minimum Gasteiger partial charge on any atom is -0.371 e. The molecule has 1 aromatic rings.